The average molecular weight is 340 g/mol. The highest BCUT2D eigenvalue weighted by Gasteiger charge is 2.22. The number of aromatic nitrogens is 2. The van der Waals surface area contributed by atoms with Gasteiger partial charge in [0.05, 0.1) is 16.7 Å². The van der Waals surface area contributed by atoms with Gasteiger partial charge in [0.2, 0.25) is 0 Å². The Balaban J connectivity index is 2.21. The number of nitrogens with zero attached hydrogens (tertiary/aromatic N) is 4. The summed E-state index contributed by atoms with van der Waals surface area (Å²) in [5.41, 5.74) is -0.0603. The van der Waals surface area contributed by atoms with Gasteiger partial charge in [0.1, 0.15) is 5.69 Å². The summed E-state index contributed by atoms with van der Waals surface area (Å²) in [4.78, 5) is 32.4. The van der Waals surface area contributed by atoms with E-state index in [1.54, 1.807) is 6.92 Å². The van der Waals surface area contributed by atoms with Crippen molar-refractivity contribution in [2.75, 3.05) is 5.32 Å². The first kappa shape index (κ1) is 16.4. The maximum Gasteiger partial charge on any atom is 0.345 e. The molecule has 0 spiro atoms. The van der Waals surface area contributed by atoms with Crippen molar-refractivity contribution >= 4 is 34.7 Å². The summed E-state index contributed by atoms with van der Waals surface area (Å²) < 4.78 is 0.909. The number of benzene rings is 1. The van der Waals surface area contributed by atoms with E-state index in [9.17, 15) is 25.0 Å². The largest absolute Gasteiger partial charge is 0.358 e. The standard InChI is InChI=1S/C12H10ClN5O5/c1-7-4-12(18(22)23)16(15-7)6-11(19)14-9-3-2-8(13)5-10(9)17(20)21/h2-5H,6H2,1H3,(H,14,19). The number of nitro groups is 2. The van der Waals surface area contributed by atoms with Gasteiger partial charge in [-0.2, -0.15) is 0 Å². The van der Waals surface area contributed by atoms with Crippen molar-refractivity contribution in [1.82, 2.24) is 9.78 Å². The van der Waals surface area contributed by atoms with E-state index in [0.29, 0.717) is 5.69 Å². The molecule has 1 aromatic heterocycles. The van der Waals surface area contributed by atoms with Crippen LogP contribution >= 0.6 is 11.6 Å². The van der Waals surface area contributed by atoms with E-state index in [4.69, 9.17) is 11.6 Å². The molecule has 2 aromatic rings. The number of carbonyl (C=O) groups is 1. The number of rotatable bonds is 5. The van der Waals surface area contributed by atoms with E-state index in [1.807, 2.05) is 0 Å². The van der Waals surface area contributed by atoms with Crippen LogP contribution in [0.1, 0.15) is 5.69 Å². The number of halogens is 1. The number of nitrogens with one attached hydrogen (secondary N) is 1. The number of amides is 1. The lowest BCUT2D eigenvalue weighted by Crippen LogP contribution is -2.21. The molecular weight excluding hydrogens is 330 g/mol. The fourth-order valence-electron chi connectivity index (χ4n) is 1.88. The molecule has 0 fully saturated rings. The first-order valence-corrected chi connectivity index (χ1v) is 6.58. The van der Waals surface area contributed by atoms with E-state index in [2.05, 4.69) is 10.4 Å². The normalized spacial score (nSPS) is 10.3. The lowest BCUT2D eigenvalue weighted by Gasteiger charge is -2.05. The molecule has 120 valence electrons. The van der Waals surface area contributed by atoms with Crippen LogP contribution in [0.2, 0.25) is 5.02 Å². The van der Waals surface area contributed by atoms with Crippen molar-refractivity contribution in [3.05, 3.63) is 55.2 Å². The Hall–Kier alpha value is -3.01. The second-order valence-electron chi connectivity index (χ2n) is 4.53. The van der Waals surface area contributed by atoms with Gasteiger partial charge < -0.3 is 15.4 Å². The lowest BCUT2D eigenvalue weighted by atomic mass is 10.2. The smallest absolute Gasteiger partial charge is 0.345 e. The van der Waals surface area contributed by atoms with Crippen molar-refractivity contribution in [1.29, 1.82) is 0 Å². The van der Waals surface area contributed by atoms with Crippen LogP contribution in [0.15, 0.2) is 24.3 Å². The van der Waals surface area contributed by atoms with Gasteiger partial charge in [-0.25, -0.2) is 0 Å². The summed E-state index contributed by atoms with van der Waals surface area (Å²) in [5, 5.41) is 28.1. The van der Waals surface area contributed by atoms with Crippen LogP contribution in [0.25, 0.3) is 0 Å². The van der Waals surface area contributed by atoms with Gasteiger partial charge in [-0.05, 0) is 24.0 Å². The molecule has 0 atom stereocenters. The SMILES string of the molecule is Cc1cc([N+](=O)[O-])n(CC(=O)Nc2ccc(Cl)cc2[N+](=O)[O-])n1. The maximum absolute atomic E-state index is 12.0. The second-order valence-corrected chi connectivity index (χ2v) is 4.96. The zero-order chi connectivity index (χ0) is 17.1. The van der Waals surface area contributed by atoms with Crippen LogP contribution in [-0.4, -0.2) is 25.5 Å². The Labute approximate surface area is 134 Å². The van der Waals surface area contributed by atoms with E-state index in [1.165, 1.54) is 18.2 Å². The quantitative estimate of drug-likeness (QED) is 0.656. The molecule has 10 nitrogen and oxygen atoms in total. The molecule has 23 heavy (non-hydrogen) atoms. The van der Waals surface area contributed by atoms with Gasteiger partial charge in [-0.15, -0.1) is 4.68 Å². The number of carbonyl (C=O) groups excluding carboxylic acids is 1. The van der Waals surface area contributed by atoms with Crippen LogP contribution in [0.4, 0.5) is 17.2 Å². The predicted molar refractivity (Wildman–Crippen MR) is 80.4 cm³/mol. The predicted octanol–water partition coefficient (Wildman–Crippen LogP) is 2.30. The summed E-state index contributed by atoms with van der Waals surface area (Å²) >= 11 is 5.68. The monoisotopic (exact) mass is 339 g/mol. The highest BCUT2D eigenvalue weighted by Crippen LogP contribution is 2.27. The molecular formula is C12H10ClN5O5. The molecule has 0 radical (unpaired) electrons. The number of anilines is 1. The molecule has 1 amide bonds. The minimum absolute atomic E-state index is 0.0593. The van der Waals surface area contributed by atoms with Gasteiger partial charge in [0.25, 0.3) is 11.6 Å². The van der Waals surface area contributed by atoms with Crippen LogP contribution in [0.5, 0.6) is 0 Å². The highest BCUT2D eigenvalue weighted by atomic mass is 35.5. The molecule has 0 saturated carbocycles. The summed E-state index contributed by atoms with van der Waals surface area (Å²) in [6.07, 6.45) is 0. The molecule has 2 rings (SSSR count). The molecule has 0 aliphatic rings. The Morgan fingerprint density at radius 2 is 2.00 bits per heavy atom. The maximum atomic E-state index is 12.0. The van der Waals surface area contributed by atoms with Crippen molar-refractivity contribution in [2.24, 2.45) is 0 Å². The Morgan fingerprint density at radius 3 is 2.61 bits per heavy atom. The third kappa shape index (κ3) is 3.80. The number of hydrogen-bond acceptors (Lipinski definition) is 6. The molecule has 1 aromatic carbocycles. The Kier molecular flexibility index (Phi) is 4.55. The summed E-state index contributed by atoms with van der Waals surface area (Å²) in [5.74, 6) is -1.04. The third-order valence-electron chi connectivity index (χ3n) is 2.79. The summed E-state index contributed by atoms with van der Waals surface area (Å²) in [6.45, 7) is 1.09. The van der Waals surface area contributed by atoms with E-state index in [0.717, 1.165) is 10.7 Å². The molecule has 1 heterocycles. The fourth-order valence-corrected chi connectivity index (χ4v) is 2.05. The first-order chi connectivity index (χ1) is 10.8. The van der Waals surface area contributed by atoms with Gasteiger partial charge in [-0.3, -0.25) is 14.9 Å². The van der Waals surface area contributed by atoms with Crippen molar-refractivity contribution in [2.45, 2.75) is 13.5 Å². The summed E-state index contributed by atoms with van der Waals surface area (Å²) in [6, 6.07) is 4.97. The average Bonchev–Trinajstić information content (AvgIpc) is 2.81. The van der Waals surface area contributed by atoms with Crippen LogP contribution < -0.4 is 5.32 Å². The zero-order valence-corrected chi connectivity index (χ0v) is 12.5. The molecule has 0 aliphatic heterocycles. The minimum atomic E-state index is -0.693. The van der Waals surface area contributed by atoms with Gasteiger partial charge in [0, 0.05) is 11.1 Å². The summed E-state index contributed by atoms with van der Waals surface area (Å²) in [7, 11) is 0. The van der Waals surface area contributed by atoms with E-state index >= 15 is 0 Å². The minimum Gasteiger partial charge on any atom is -0.358 e. The third-order valence-corrected chi connectivity index (χ3v) is 3.03. The molecule has 0 saturated heterocycles. The van der Waals surface area contributed by atoms with E-state index in [-0.39, 0.29) is 22.2 Å². The topological polar surface area (TPSA) is 133 Å². The number of aryl methyl sites for hydroxylation is 1. The van der Waals surface area contributed by atoms with Gasteiger partial charge >= 0.3 is 5.82 Å². The molecule has 1 N–H and O–H groups in total. The van der Waals surface area contributed by atoms with Crippen molar-refractivity contribution in [3.8, 4) is 0 Å². The number of nitro benzene ring substituents is 1. The Bertz CT molecular complexity index is 803. The Morgan fingerprint density at radius 1 is 1.30 bits per heavy atom. The fraction of sp³-hybridized carbons (Fsp3) is 0.167. The zero-order valence-electron chi connectivity index (χ0n) is 11.7. The molecule has 0 unspecified atom stereocenters. The second kappa shape index (κ2) is 6.40. The first-order valence-electron chi connectivity index (χ1n) is 6.20. The van der Waals surface area contributed by atoms with Crippen LogP contribution in [0, 0.1) is 27.2 Å². The van der Waals surface area contributed by atoms with Crippen molar-refractivity contribution in [3.63, 3.8) is 0 Å². The van der Waals surface area contributed by atoms with Crippen molar-refractivity contribution < 1.29 is 14.6 Å². The number of hydrogen-bond donors (Lipinski definition) is 1. The molecule has 0 aliphatic carbocycles. The highest BCUT2D eigenvalue weighted by molar-refractivity contribution is 6.31. The van der Waals surface area contributed by atoms with Crippen LogP contribution in [0.3, 0.4) is 0 Å². The lowest BCUT2D eigenvalue weighted by molar-refractivity contribution is -0.392. The molecule has 11 heteroatoms. The van der Waals surface area contributed by atoms with E-state index < -0.39 is 22.3 Å². The molecule has 0 bridgehead atoms. The van der Waals surface area contributed by atoms with Gasteiger partial charge in [-0.1, -0.05) is 16.7 Å². The van der Waals surface area contributed by atoms with Crippen LogP contribution in [-0.2, 0) is 11.3 Å². The van der Waals surface area contributed by atoms with Gasteiger partial charge in [0.15, 0.2) is 6.54 Å².